The van der Waals surface area contributed by atoms with Crippen LogP contribution in [0.3, 0.4) is 0 Å². The Labute approximate surface area is 116 Å². The molecule has 0 radical (unpaired) electrons. The molecule has 0 unspecified atom stereocenters. The number of carbonyl (C=O) groups excluding carboxylic acids is 1. The summed E-state index contributed by atoms with van der Waals surface area (Å²) >= 11 is 0. The third kappa shape index (κ3) is 3.35. The van der Waals surface area contributed by atoms with Gasteiger partial charge in [-0.2, -0.15) is 0 Å². The Morgan fingerprint density at radius 2 is 1.85 bits per heavy atom. The molecule has 0 fully saturated rings. The van der Waals surface area contributed by atoms with Crippen LogP contribution in [-0.2, 0) is 4.84 Å². The average Bonchev–Trinajstić information content (AvgIpc) is 2.48. The Hall–Kier alpha value is -2.82. The van der Waals surface area contributed by atoms with E-state index in [1.807, 2.05) is 0 Å². The second kappa shape index (κ2) is 6.38. The van der Waals surface area contributed by atoms with E-state index in [1.165, 1.54) is 6.21 Å². The minimum atomic E-state index is -0.590. The zero-order valence-electron chi connectivity index (χ0n) is 10.9. The minimum absolute atomic E-state index is 0.291. The molecule has 0 bridgehead atoms. The standard InChI is InChI=1S/C15H14N2O3/c1-19-12-8-6-11(7-9-12)10-17-20-15(18)13-4-2-3-5-14(13)16/h2-10H,16H2,1H3. The minimum Gasteiger partial charge on any atom is -0.497 e. The van der Waals surface area contributed by atoms with Gasteiger partial charge in [-0.25, -0.2) is 4.79 Å². The van der Waals surface area contributed by atoms with Crippen LogP contribution in [-0.4, -0.2) is 19.3 Å². The Bertz CT molecular complexity index is 621. The number of rotatable bonds is 4. The number of anilines is 1. The highest BCUT2D eigenvalue weighted by Gasteiger charge is 2.09. The number of benzene rings is 2. The van der Waals surface area contributed by atoms with Crippen molar-refractivity contribution in [3.8, 4) is 5.75 Å². The molecule has 0 aliphatic heterocycles. The van der Waals surface area contributed by atoms with Crippen LogP contribution in [0, 0.1) is 0 Å². The zero-order chi connectivity index (χ0) is 14.4. The number of carbonyl (C=O) groups is 1. The first-order valence-electron chi connectivity index (χ1n) is 5.94. The zero-order valence-corrected chi connectivity index (χ0v) is 10.9. The lowest BCUT2D eigenvalue weighted by molar-refractivity contribution is 0.0520. The van der Waals surface area contributed by atoms with Gasteiger partial charge in [0.15, 0.2) is 0 Å². The Morgan fingerprint density at radius 3 is 2.50 bits per heavy atom. The average molecular weight is 270 g/mol. The summed E-state index contributed by atoms with van der Waals surface area (Å²) in [6, 6.07) is 13.8. The van der Waals surface area contributed by atoms with Gasteiger partial charge in [0, 0.05) is 5.69 Å². The number of methoxy groups -OCH3 is 1. The summed E-state index contributed by atoms with van der Waals surface area (Å²) in [5, 5.41) is 3.64. The van der Waals surface area contributed by atoms with Crippen molar-refractivity contribution in [3.05, 3.63) is 59.7 Å². The van der Waals surface area contributed by atoms with Gasteiger partial charge < -0.3 is 15.3 Å². The van der Waals surface area contributed by atoms with Crippen LogP contribution in [0.4, 0.5) is 5.69 Å². The fourth-order valence-corrected chi connectivity index (χ4v) is 1.56. The molecule has 0 atom stereocenters. The predicted octanol–water partition coefficient (Wildman–Crippen LogP) is 2.47. The highest BCUT2D eigenvalue weighted by Crippen LogP contribution is 2.12. The summed E-state index contributed by atoms with van der Waals surface area (Å²) in [5.74, 6) is 0.157. The fourth-order valence-electron chi connectivity index (χ4n) is 1.56. The largest absolute Gasteiger partial charge is 0.497 e. The van der Waals surface area contributed by atoms with Crippen molar-refractivity contribution in [1.29, 1.82) is 0 Å². The van der Waals surface area contributed by atoms with Crippen LogP contribution in [0.5, 0.6) is 5.75 Å². The van der Waals surface area contributed by atoms with Gasteiger partial charge in [0.1, 0.15) is 5.75 Å². The molecule has 102 valence electrons. The van der Waals surface area contributed by atoms with Gasteiger partial charge in [0.25, 0.3) is 0 Å². The monoisotopic (exact) mass is 270 g/mol. The van der Waals surface area contributed by atoms with Crippen LogP contribution in [0.25, 0.3) is 0 Å². The summed E-state index contributed by atoms with van der Waals surface area (Å²) < 4.78 is 5.04. The van der Waals surface area contributed by atoms with Crippen molar-refractivity contribution in [1.82, 2.24) is 0 Å². The van der Waals surface area contributed by atoms with E-state index in [1.54, 1.807) is 55.6 Å². The molecule has 0 aromatic heterocycles. The highest BCUT2D eigenvalue weighted by molar-refractivity contribution is 5.95. The SMILES string of the molecule is COc1ccc(C=NOC(=O)c2ccccc2N)cc1. The summed E-state index contributed by atoms with van der Waals surface area (Å²) in [7, 11) is 1.59. The molecule has 0 heterocycles. The van der Waals surface area contributed by atoms with Gasteiger partial charge in [0.2, 0.25) is 0 Å². The van der Waals surface area contributed by atoms with Gasteiger partial charge in [0.05, 0.1) is 18.9 Å². The van der Waals surface area contributed by atoms with Crippen molar-refractivity contribution >= 4 is 17.9 Å². The number of hydrogen-bond acceptors (Lipinski definition) is 5. The van der Waals surface area contributed by atoms with Gasteiger partial charge in [-0.3, -0.25) is 0 Å². The molecular weight excluding hydrogens is 256 g/mol. The van der Waals surface area contributed by atoms with E-state index >= 15 is 0 Å². The quantitative estimate of drug-likeness (QED) is 0.401. The lowest BCUT2D eigenvalue weighted by Gasteiger charge is -2.01. The van der Waals surface area contributed by atoms with Crippen molar-refractivity contribution in [2.75, 3.05) is 12.8 Å². The third-order valence-corrected chi connectivity index (χ3v) is 2.63. The number of nitrogen functional groups attached to an aromatic ring is 1. The lowest BCUT2D eigenvalue weighted by atomic mass is 10.2. The molecule has 0 saturated heterocycles. The first kappa shape index (κ1) is 13.6. The lowest BCUT2D eigenvalue weighted by Crippen LogP contribution is -2.04. The normalized spacial score (nSPS) is 10.4. The van der Waals surface area contributed by atoms with E-state index in [4.69, 9.17) is 15.3 Å². The molecule has 2 N–H and O–H groups in total. The number of hydrogen-bond donors (Lipinski definition) is 1. The molecule has 5 heteroatoms. The van der Waals surface area contributed by atoms with Gasteiger partial charge in [-0.05, 0) is 42.0 Å². The molecule has 5 nitrogen and oxygen atoms in total. The van der Waals surface area contributed by atoms with Gasteiger partial charge in [-0.15, -0.1) is 0 Å². The van der Waals surface area contributed by atoms with E-state index in [9.17, 15) is 4.79 Å². The molecule has 0 aliphatic rings. The van der Waals surface area contributed by atoms with Crippen LogP contribution in [0.2, 0.25) is 0 Å². The summed E-state index contributed by atoms with van der Waals surface area (Å²) in [6.07, 6.45) is 1.44. The van der Waals surface area contributed by atoms with Crippen molar-refractivity contribution in [2.24, 2.45) is 5.16 Å². The van der Waals surface area contributed by atoms with Crippen molar-refractivity contribution in [2.45, 2.75) is 0 Å². The maximum absolute atomic E-state index is 11.7. The second-order valence-corrected chi connectivity index (χ2v) is 3.97. The topological polar surface area (TPSA) is 73.9 Å². The summed E-state index contributed by atoms with van der Waals surface area (Å²) in [5.41, 5.74) is 7.11. The van der Waals surface area contributed by atoms with Gasteiger partial charge >= 0.3 is 5.97 Å². The molecule has 0 spiro atoms. The molecule has 0 saturated carbocycles. The summed E-state index contributed by atoms with van der Waals surface area (Å²) in [4.78, 5) is 16.5. The number of nitrogens with two attached hydrogens (primary N) is 1. The van der Waals surface area contributed by atoms with E-state index in [2.05, 4.69) is 5.16 Å². The van der Waals surface area contributed by atoms with Crippen molar-refractivity contribution in [3.63, 3.8) is 0 Å². The van der Waals surface area contributed by atoms with E-state index in [0.29, 0.717) is 11.3 Å². The van der Waals surface area contributed by atoms with E-state index in [-0.39, 0.29) is 0 Å². The van der Waals surface area contributed by atoms with Crippen LogP contribution in [0.15, 0.2) is 53.7 Å². The van der Waals surface area contributed by atoms with E-state index in [0.717, 1.165) is 11.3 Å². The Balaban J connectivity index is 1.99. The Morgan fingerprint density at radius 1 is 1.15 bits per heavy atom. The van der Waals surface area contributed by atoms with Gasteiger partial charge in [-0.1, -0.05) is 17.3 Å². The second-order valence-electron chi connectivity index (χ2n) is 3.97. The number of nitrogens with zero attached hydrogens (tertiary/aromatic N) is 1. The van der Waals surface area contributed by atoms with Crippen molar-refractivity contribution < 1.29 is 14.4 Å². The number of para-hydroxylation sites is 1. The molecule has 20 heavy (non-hydrogen) atoms. The van der Waals surface area contributed by atoms with Crippen LogP contribution in [0.1, 0.15) is 15.9 Å². The fraction of sp³-hybridized carbons (Fsp3) is 0.0667. The van der Waals surface area contributed by atoms with E-state index < -0.39 is 5.97 Å². The molecule has 2 aromatic carbocycles. The van der Waals surface area contributed by atoms with Crippen LogP contribution >= 0.6 is 0 Å². The Kier molecular flexibility index (Phi) is 4.34. The molecule has 2 aromatic rings. The third-order valence-electron chi connectivity index (χ3n) is 2.63. The maximum Gasteiger partial charge on any atom is 0.367 e. The first-order chi connectivity index (χ1) is 9.70. The highest BCUT2D eigenvalue weighted by atomic mass is 16.7. The molecule has 0 amide bonds. The molecule has 0 aliphatic carbocycles. The molecular formula is C15H14N2O3. The molecule has 2 rings (SSSR count). The maximum atomic E-state index is 11.7. The van der Waals surface area contributed by atoms with Crippen LogP contribution < -0.4 is 10.5 Å². The number of ether oxygens (including phenoxy) is 1. The summed E-state index contributed by atoms with van der Waals surface area (Å²) in [6.45, 7) is 0. The number of oxime groups is 1. The predicted molar refractivity (Wildman–Crippen MR) is 76.9 cm³/mol. The smallest absolute Gasteiger partial charge is 0.367 e. The first-order valence-corrected chi connectivity index (χ1v) is 5.94.